The van der Waals surface area contributed by atoms with Crippen LogP contribution in [0.25, 0.3) is 11.3 Å². The van der Waals surface area contributed by atoms with Crippen molar-refractivity contribution < 1.29 is 4.92 Å². The van der Waals surface area contributed by atoms with E-state index in [0.29, 0.717) is 5.56 Å². The molecular formula is C9H5ClN2O2S. The number of hydrogen-bond donors (Lipinski definition) is 0. The van der Waals surface area contributed by atoms with Crippen molar-refractivity contribution in [2.45, 2.75) is 0 Å². The molecule has 0 radical (unpaired) electrons. The largest absolute Gasteiger partial charge is 0.288 e. The number of nitrogens with zero attached hydrogens (tertiary/aromatic N) is 2. The van der Waals surface area contributed by atoms with Crippen LogP contribution in [-0.2, 0) is 0 Å². The molecule has 0 aliphatic rings. The average Bonchev–Trinajstić information content (AvgIpc) is 2.71. The predicted molar refractivity (Wildman–Crippen MR) is 59.2 cm³/mol. The molecule has 76 valence electrons. The zero-order valence-corrected chi connectivity index (χ0v) is 8.96. The maximum atomic E-state index is 10.6. The van der Waals surface area contributed by atoms with Gasteiger partial charge in [0.1, 0.15) is 5.02 Å². The fraction of sp³-hybridized carbons (Fsp3) is 0. The number of thiazole rings is 1. The van der Waals surface area contributed by atoms with Gasteiger partial charge in [-0.25, -0.2) is 4.98 Å². The molecule has 0 saturated heterocycles. The van der Waals surface area contributed by atoms with E-state index in [2.05, 4.69) is 4.98 Å². The Hall–Kier alpha value is -1.46. The van der Waals surface area contributed by atoms with Gasteiger partial charge in [0.2, 0.25) is 0 Å². The molecular weight excluding hydrogens is 236 g/mol. The van der Waals surface area contributed by atoms with Gasteiger partial charge in [-0.1, -0.05) is 17.7 Å². The van der Waals surface area contributed by atoms with Crippen molar-refractivity contribution in [2.24, 2.45) is 0 Å². The van der Waals surface area contributed by atoms with E-state index in [1.165, 1.54) is 23.5 Å². The summed E-state index contributed by atoms with van der Waals surface area (Å²) >= 11 is 7.13. The quantitative estimate of drug-likeness (QED) is 0.597. The summed E-state index contributed by atoms with van der Waals surface area (Å²) in [6.07, 6.45) is 0. The maximum absolute atomic E-state index is 10.6. The minimum atomic E-state index is -0.502. The Balaban J connectivity index is 2.52. The van der Waals surface area contributed by atoms with Gasteiger partial charge >= 0.3 is 0 Å². The zero-order chi connectivity index (χ0) is 10.8. The average molecular weight is 241 g/mol. The van der Waals surface area contributed by atoms with Crippen LogP contribution in [-0.4, -0.2) is 9.91 Å². The SMILES string of the molecule is O=[N+]([O-])c1cc(-c2cscn2)ccc1Cl. The van der Waals surface area contributed by atoms with Crippen molar-refractivity contribution >= 4 is 28.6 Å². The molecule has 6 heteroatoms. The number of hydrogen-bond acceptors (Lipinski definition) is 4. The van der Waals surface area contributed by atoms with Crippen molar-refractivity contribution in [1.82, 2.24) is 4.98 Å². The fourth-order valence-electron chi connectivity index (χ4n) is 1.17. The fourth-order valence-corrected chi connectivity index (χ4v) is 1.91. The van der Waals surface area contributed by atoms with Gasteiger partial charge in [0.05, 0.1) is 16.1 Å². The Bertz CT molecular complexity index is 499. The first-order valence-electron chi connectivity index (χ1n) is 4.01. The van der Waals surface area contributed by atoms with Crippen LogP contribution in [0.3, 0.4) is 0 Å². The highest BCUT2D eigenvalue weighted by Crippen LogP contribution is 2.29. The summed E-state index contributed by atoms with van der Waals surface area (Å²) in [6.45, 7) is 0. The third kappa shape index (κ3) is 1.98. The summed E-state index contributed by atoms with van der Waals surface area (Å²) in [5, 5.41) is 12.6. The molecule has 1 aromatic carbocycles. The molecule has 0 unspecified atom stereocenters. The van der Waals surface area contributed by atoms with Crippen molar-refractivity contribution in [1.29, 1.82) is 0 Å². The van der Waals surface area contributed by atoms with Gasteiger partial charge in [-0.3, -0.25) is 10.1 Å². The smallest absolute Gasteiger partial charge is 0.258 e. The van der Waals surface area contributed by atoms with Crippen LogP contribution < -0.4 is 0 Å². The van der Waals surface area contributed by atoms with E-state index in [9.17, 15) is 10.1 Å². The van der Waals surface area contributed by atoms with Gasteiger partial charge in [0.15, 0.2) is 0 Å². The van der Waals surface area contributed by atoms with Gasteiger partial charge in [-0.15, -0.1) is 11.3 Å². The Morgan fingerprint density at radius 3 is 2.87 bits per heavy atom. The van der Waals surface area contributed by atoms with Crippen LogP contribution in [0.1, 0.15) is 0 Å². The number of nitro groups is 1. The van der Waals surface area contributed by atoms with Crippen molar-refractivity contribution in [3.63, 3.8) is 0 Å². The van der Waals surface area contributed by atoms with Gasteiger partial charge in [-0.2, -0.15) is 0 Å². The second-order valence-corrected chi connectivity index (χ2v) is 3.92. The second kappa shape index (κ2) is 3.96. The third-order valence-corrected chi connectivity index (χ3v) is 2.78. The molecule has 15 heavy (non-hydrogen) atoms. The molecule has 0 N–H and O–H groups in total. The van der Waals surface area contributed by atoms with Crippen molar-refractivity contribution in [3.8, 4) is 11.3 Å². The lowest BCUT2D eigenvalue weighted by atomic mass is 10.1. The van der Waals surface area contributed by atoms with E-state index in [0.717, 1.165) is 5.69 Å². The van der Waals surface area contributed by atoms with Crippen LogP contribution in [0.5, 0.6) is 0 Å². The van der Waals surface area contributed by atoms with Gasteiger partial charge < -0.3 is 0 Å². The number of benzene rings is 1. The van der Waals surface area contributed by atoms with Gasteiger partial charge in [0, 0.05) is 17.0 Å². The third-order valence-electron chi connectivity index (χ3n) is 1.87. The molecule has 0 bridgehead atoms. The monoisotopic (exact) mass is 240 g/mol. The normalized spacial score (nSPS) is 10.2. The summed E-state index contributed by atoms with van der Waals surface area (Å²) in [6, 6.07) is 4.65. The number of rotatable bonds is 2. The van der Waals surface area contributed by atoms with Crippen LogP contribution >= 0.6 is 22.9 Å². The highest BCUT2D eigenvalue weighted by Gasteiger charge is 2.13. The molecule has 0 amide bonds. The standard InChI is InChI=1S/C9H5ClN2O2S/c10-7-2-1-6(3-9(7)12(13)14)8-4-15-5-11-8/h1-5H. The molecule has 4 nitrogen and oxygen atoms in total. The lowest BCUT2D eigenvalue weighted by Gasteiger charge is -1.98. The van der Waals surface area contributed by atoms with Crippen molar-refractivity contribution in [3.05, 3.63) is 44.2 Å². The molecule has 0 aliphatic heterocycles. The minimum absolute atomic E-state index is 0.0952. The number of nitro benzene ring substituents is 1. The first-order chi connectivity index (χ1) is 7.18. The van der Waals surface area contributed by atoms with E-state index in [-0.39, 0.29) is 10.7 Å². The first-order valence-corrected chi connectivity index (χ1v) is 5.33. The Kier molecular flexibility index (Phi) is 2.66. The molecule has 2 rings (SSSR count). The van der Waals surface area contributed by atoms with Gasteiger partial charge in [0.25, 0.3) is 5.69 Å². The molecule has 0 atom stereocenters. The summed E-state index contributed by atoms with van der Waals surface area (Å²) in [5.41, 5.74) is 3.00. The van der Waals surface area contributed by atoms with E-state index >= 15 is 0 Å². The predicted octanol–water partition coefficient (Wildman–Crippen LogP) is 3.37. The Morgan fingerprint density at radius 2 is 2.27 bits per heavy atom. The Labute approximate surface area is 94.3 Å². The minimum Gasteiger partial charge on any atom is -0.258 e. The van der Waals surface area contributed by atoms with Crippen LogP contribution in [0.2, 0.25) is 5.02 Å². The topological polar surface area (TPSA) is 56.0 Å². The first kappa shape index (κ1) is 10.1. The molecule has 2 aromatic rings. The molecule has 0 spiro atoms. The lowest BCUT2D eigenvalue weighted by molar-refractivity contribution is -0.384. The summed E-state index contributed by atoms with van der Waals surface area (Å²) in [4.78, 5) is 14.2. The van der Waals surface area contributed by atoms with E-state index < -0.39 is 4.92 Å². The van der Waals surface area contributed by atoms with E-state index in [1.54, 1.807) is 11.6 Å². The van der Waals surface area contributed by atoms with Crippen LogP contribution in [0.4, 0.5) is 5.69 Å². The Morgan fingerprint density at radius 1 is 1.47 bits per heavy atom. The zero-order valence-electron chi connectivity index (χ0n) is 7.38. The maximum Gasteiger partial charge on any atom is 0.288 e. The molecule has 1 aromatic heterocycles. The van der Waals surface area contributed by atoms with Crippen LogP contribution in [0.15, 0.2) is 29.1 Å². The number of halogens is 1. The summed E-state index contributed by atoms with van der Waals surface area (Å²) in [5.74, 6) is 0. The molecule has 0 aliphatic carbocycles. The molecule has 1 heterocycles. The van der Waals surface area contributed by atoms with Gasteiger partial charge in [-0.05, 0) is 6.07 Å². The van der Waals surface area contributed by atoms with Crippen molar-refractivity contribution in [2.75, 3.05) is 0 Å². The second-order valence-electron chi connectivity index (χ2n) is 2.80. The number of aromatic nitrogens is 1. The lowest BCUT2D eigenvalue weighted by Crippen LogP contribution is -1.89. The van der Waals surface area contributed by atoms with E-state index in [4.69, 9.17) is 11.6 Å². The highest BCUT2D eigenvalue weighted by molar-refractivity contribution is 7.07. The summed E-state index contributed by atoms with van der Waals surface area (Å²) in [7, 11) is 0. The summed E-state index contributed by atoms with van der Waals surface area (Å²) < 4.78 is 0. The highest BCUT2D eigenvalue weighted by atomic mass is 35.5. The molecule has 0 saturated carbocycles. The molecule has 0 fully saturated rings. The van der Waals surface area contributed by atoms with Crippen LogP contribution in [0, 0.1) is 10.1 Å². The van der Waals surface area contributed by atoms with E-state index in [1.807, 2.05) is 5.38 Å².